The summed E-state index contributed by atoms with van der Waals surface area (Å²) in [6.45, 7) is 10.5. The quantitative estimate of drug-likeness (QED) is 0.341. The Morgan fingerprint density at radius 1 is 0.972 bits per heavy atom. The van der Waals surface area contributed by atoms with Gasteiger partial charge in [0.1, 0.15) is 0 Å². The molecule has 5 rings (SSSR count). The maximum atomic E-state index is 12.2. The number of ether oxygens (including phenoxy) is 1. The summed E-state index contributed by atoms with van der Waals surface area (Å²) in [5.74, 6) is 3.45. The molecule has 0 heterocycles. The van der Waals surface area contributed by atoms with Crippen LogP contribution in [0.1, 0.15) is 109 Å². The predicted molar refractivity (Wildman–Crippen MR) is 149 cm³/mol. The van der Waals surface area contributed by atoms with E-state index in [0.29, 0.717) is 28.9 Å². The Kier molecular flexibility index (Phi) is 7.53. The fourth-order valence-corrected chi connectivity index (χ4v) is 8.96. The Bertz CT molecular complexity index is 990. The Balaban J connectivity index is 1.13. The summed E-state index contributed by atoms with van der Waals surface area (Å²) in [6.07, 6.45) is 20.0. The van der Waals surface area contributed by atoms with E-state index >= 15 is 0 Å². The van der Waals surface area contributed by atoms with E-state index in [2.05, 4.69) is 39.8 Å². The van der Waals surface area contributed by atoms with Crippen LogP contribution in [0.2, 0.25) is 0 Å². The topological polar surface area (TPSA) is 26.3 Å². The van der Waals surface area contributed by atoms with Crippen LogP contribution in [0.25, 0.3) is 0 Å². The SMILES string of the molecule is CC(CCC[C@@H](C)[C@H]1CC[C@H]2C3=CC=C4CCCC[C@]4(C)[C@H]3CC[C@]12C)COC(=O)c1ccccc1. The summed E-state index contributed by atoms with van der Waals surface area (Å²) in [7, 11) is 0. The average molecular weight is 489 g/mol. The molecule has 7 atom stereocenters. The molecule has 36 heavy (non-hydrogen) atoms. The zero-order valence-electron chi connectivity index (χ0n) is 23.2. The number of benzene rings is 1. The molecule has 0 spiro atoms. The van der Waals surface area contributed by atoms with Gasteiger partial charge in [-0.3, -0.25) is 0 Å². The number of allylic oxidation sites excluding steroid dienone is 4. The number of hydrogen-bond acceptors (Lipinski definition) is 2. The molecule has 0 aliphatic heterocycles. The van der Waals surface area contributed by atoms with Gasteiger partial charge in [0.15, 0.2) is 0 Å². The van der Waals surface area contributed by atoms with Crippen LogP contribution < -0.4 is 0 Å². The van der Waals surface area contributed by atoms with Crippen molar-refractivity contribution in [3.05, 3.63) is 59.2 Å². The molecule has 4 aliphatic rings. The number of fused-ring (bicyclic) bond motifs is 5. The fourth-order valence-electron chi connectivity index (χ4n) is 8.96. The van der Waals surface area contributed by atoms with Crippen LogP contribution in [0.5, 0.6) is 0 Å². The second kappa shape index (κ2) is 10.5. The van der Waals surface area contributed by atoms with Crippen LogP contribution in [0.15, 0.2) is 53.6 Å². The third kappa shape index (κ3) is 4.74. The standard InChI is InChI=1S/C34H48O2/c1-24(23-36-32(35)26-13-6-5-7-14-26)11-10-12-25(2)29-18-19-30-28-17-16-27-15-8-9-21-33(27,3)31(28)20-22-34(29,30)4/h5-7,13-14,16-17,24-25,29-31H,8-12,15,18-23H2,1-4H3/t24?,25-,29-,30+,31+,33+,34-/m1/s1. The van der Waals surface area contributed by atoms with Crippen LogP contribution >= 0.6 is 0 Å². The summed E-state index contributed by atoms with van der Waals surface area (Å²) in [5.41, 5.74) is 5.18. The van der Waals surface area contributed by atoms with E-state index in [4.69, 9.17) is 4.74 Å². The molecular weight excluding hydrogens is 440 g/mol. The maximum Gasteiger partial charge on any atom is 0.338 e. The molecule has 3 fully saturated rings. The van der Waals surface area contributed by atoms with Gasteiger partial charge in [-0.15, -0.1) is 0 Å². The molecule has 0 saturated heterocycles. The van der Waals surface area contributed by atoms with Gasteiger partial charge in [0.05, 0.1) is 12.2 Å². The molecule has 1 aromatic rings. The number of carbonyl (C=O) groups is 1. The molecule has 2 nitrogen and oxygen atoms in total. The molecule has 3 saturated carbocycles. The minimum absolute atomic E-state index is 0.197. The first-order valence-electron chi connectivity index (χ1n) is 15.0. The Hall–Kier alpha value is -1.83. The highest BCUT2D eigenvalue weighted by atomic mass is 16.5. The first-order chi connectivity index (χ1) is 17.3. The minimum atomic E-state index is -0.197. The summed E-state index contributed by atoms with van der Waals surface area (Å²) >= 11 is 0. The minimum Gasteiger partial charge on any atom is -0.462 e. The molecule has 4 aliphatic carbocycles. The lowest BCUT2D eigenvalue weighted by atomic mass is 9.50. The number of hydrogen-bond donors (Lipinski definition) is 0. The highest BCUT2D eigenvalue weighted by Gasteiger charge is 2.56. The van der Waals surface area contributed by atoms with Crippen molar-refractivity contribution in [3.63, 3.8) is 0 Å². The van der Waals surface area contributed by atoms with E-state index in [1.807, 2.05) is 35.9 Å². The van der Waals surface area contributed by atoms with E-state index < -0.39 is 0 Å². The predicted octanol–water partition coefficient (Wildman–Crippen LogP) is 9.18. The van der Waals surface area contributed by atoms with E-state index in [1.54, 1.807) is 5.57 Å². The molecule has 0 aromatic heterocycles. The second-order valence-corrected chi connectivity index (χ2v) is 13.3. The summed E-state index contributed by atoms with van der Waals surface area (Å²) in [5, 5.41) is 0. The second-order valence-electron chi connectivity index (χ2n) is 13.3. The first kappa shape index (κ1) is 25.8. The van der Waals surface area contributed by atoms with Gasteiger partial charge in [0.25, 0.3) is 0 Å². The number of carbonyl (C=O) groups excluding carboxylic acids is 1. The van der Waals surface area contributed by atoms with Crippen molar-refractivity contribution >= 4 is 5.97 Å². The third-order valence-electron chi connectivity index (χ3n) is 11.1. The summed E-state index contributed by atoms with van der Waals surface area (Å²) in [4.78, 5) is 12.2. The molecule has 0 N–H and O–H groups in total. The van der Waals surface area contributed by atoms with Gasteiger partial charge in [-0.25, -0.2) is 4.79 Å². The lowest BCUT2D eigenvalue weighted by Crippen LogP contribution is -2.45. The zero-order chi connectivity index (χ0) is 25.3. The van der Waals surface area contributed by atoms with E-state index in [1.165, 1.54) is 64.2 Å². The lowest BCUT2D eigenvalue weighted by molar-refractivity contribution is 0.0421. The molecule has 0 amide bonds. The van der Waals surface area contributed by atoms with Gasteiger partial charge in [-0.2, -0.15) is 0 Å². The number of rotatable bonds is 8. The monoisotopic (exact) mass is 488 g/mol. The maximum absolute atomic E-state index is 12.2. The molecule has 196 valence electrons. The van der Waals surface area contributed by atoms with Crippen molar-refractivity contribution in [1.29, 1.82) is 0 Å². The van der Waals surface area contributed by atoms with Crippen LogP contribution in [-0.4, -0.2) is 12.6 Å². The molecular formula is C34H48O2. The van der Waals surface area contributed by atoms with Gasteiger partial charge in [0, 0.05) is 0 Å². The van der Waals surface area contributed by atoms with Gasteiger partial charge in [0.2, 0.25) is 0 Å². The molecule has 2 heteroatoms. The number of esters is 1. The van der Waals surface area contributed by atoms with Crippen molar-refractivity contribution in [2.24, 2.45) is 40.4 Å². The highest BCUT2D eigenvalue weighted by Crippen LogP contribution is 2.66. The summed E-state index contributed by atoms with van der Waals surface area (Å²) < 4.78 is 5.58. The highest BCUT2D eigenvalue weighted by molar-refractivity contribution is 5.89. The van der Waals surface area contributed by atoms with Gasteiger partial charge >= 0.3 is 5.97 Å². The average Bonchev–Trinajstić information content (AvgIpc) is 3.24. The van der Waals surface area contributed by atoms with Crippen molar-refractivity contribution in [2.45, 2.75) is 98.3 Å². The molecule has 0 radical (unpaired) electrons. The van der Waals surface area contributed by atoms with Crippen molar-refractivity contribution in [2.75, 3.05) is 6.61 Å². The van der Waals surface area contributed by atoms with Crippen molar-refractivity contribution in [1.82, 2.24) is 0 Å². The Morgan fingerprint density at radius 3 is 2.58 bits per heavy atom. The van der Waals surface area contributed by atoms with Crippen LogP contribution in [-0.2, 0) is 4.74 Å². The van der Waals surface area contributed by atoms with E-state index in [-0.39, 0.29) is 5.97 Å². The van der Waals surface area contributed by atoms with E-state index in [9.17, 15) is 4.79 Å². The van der Waals surface area contributed by atoms with Gasteiger partial charge in [-0.1, -0.05) is 88.5 Å². The lowest BCUT2D eigenvalue weighted by Gasteiger charge is -2.54. The van der Waals surface area contributed by atoms with Crippen molar-refractivity contribution in [3.8, 4) is 0 Å². The van der Waals surface area contributed by atoms with Crippen LogP contribution in [0, 0.1) is 40.4 Å². The Labute approximate surface area is 220 Å². The van der Waals surface area contributed by atoms with Crippen LogP contribution in [0.4, 0.5) is 0 Å². The first-order valence-corrected chi connectivity index (χ1v) is 15.0. The van der Waals surface area contributed by atoms with Gasteiger partial charge in [-0.05, 0) is 104 Å². The normalized spacial score (nSPS) is 34.9. The fraction of sp³-hybridized carbons (Fsp3) is 0.676. The van der Waals surface area contributed by atoms with Crippen molar-refractivity contribution < 1.29 is 9.53 Å². The molecule has 1 unspecified atom stereocenters. The van der Waals surface area contributed by atoms with Gasteiger partial charge < -0.3 is 4.74 Å². The molecule has 1 aromatic carbocycles. The smallest absolute Gasteiger partial charge is 0.338 e. The Morgan fingerprint density at radius 2 is 1.78 bits per heavy atom. The third-order valence-corrected chi connectivity index (χ3v) is 11.1. The van der Waals surface area contributed by atoms with E-state index in [0.717, 1.165) is 30.1 Å². The largest absolute Gasteiger partial charge is 0.462 e. The summed E-state index contributed by atoms with van der Waals surface area (Å²) in [6, 6.07) is 9.35. The molecule has 0 bridgehead atoms. The zero-order valence-corrected chi connectivity index (χ0v) is 23.2. The van der Waals surface area contributed by atoms with Crippen LogP contribution in [0.3, 0.4) is 0 Å².